The maximum Gasteiger partial charge on any atom is 0.270 e. The van der Waals surface area contributed by atoms with Gasteiger partial charge >= 0.3 is 0 Å². The molecule has 1 aromatic rings. The van der Waals surface area contributed by atoms with Crippen LogP contribution in [0, 0.1) is 21.8 Å². The second-order valence-corrected chi connectivity index (χ2v) is 4.71. The van der Waals surface area contributed by atoms with Crippen molar-refractivity contribution < 1.29 is 14.1 Å². The van der Waals surface area contributed by atoms with Gasteiger partial charge in [-0.2, -0.15) is 0 Å². The lowest BCUT2D eigenvalue weighted by Gasteiger charge is -2.07. The van der Waals surface area contributed by atoms with Crippen LogP contribution in [0.4, 0.5) is 10.1 Å². The Kier molecular flexibility index (Phi) is 5.41. The first kappa shape index (κ1) is 15.1. The van der Waals surface area contributed by atoms with E-state index in [0.717, 1.165) is 31.0 Å². The summed E-state index contributed by atoms with van der Waals surface area (Å²) in [6, 6.07) is 2.92. The summed E-state index contributed by atoms with van der Waals surface area (Å²) in [6.07, 6.45) is 1.75. The van der Waals surface area contributed by atoms with Gasteiger partial charge in [-0.05, 0) is 24.8 Å². The van der Waals surface area contributed by atoms with Crippen LogP contribution in [0.5, 0.6) is 0 Å². The highest BCUT2D eigenvalue weighted by Crippen LogP contribution is 2.16. The molecule has 1 aromatic carbocycles. The lowest BCUT2D eigenvalue weighted by molar-refractivity contribution is -0.384. The molecule has 0 heterocycles. The van der Waals surface area contributed by atoms with Crippen molar-refractivity contribution in [3.05, 3.63) is 39.7 Å². The van der Waals surface area contributed by atoms with Gasteiger partial charge in [-0.25, -0.2) is 4.39 Å². The summed E-state index contributed by atoms with van der Waals surface area (Å²) in [5.74, 6) is -0.844. The maximum absolute atomic E-state index is 13.4. The number of amides is 1. The number of nitro groups is 1. The molecule has 0 bridgehead atoms. The number of non-ortho nitro benzene ring substituents is 1. The van der Waals surface area contributed by atoms with Crippen LogP contribution in [0.2, 0.25) is 0 Å². The normalized spacial score (nSPS) is 10.5. The third-order valence-corrected chi connectivity index (χ3v) is 2.65. The van der Waals surface area contributed by atoms with E-state index in [0.29, 0.717) is 12.5 Å². The Bertz CT molecular complexity index is 475. The summed E-state index contributed by atoms with van der Waals surface area (Å²) in [4.78, 5) is 21.6. The Morgan fingerprint density at radius 1 is 1.47 bits per heavy atom. The fraction of sp³-hybridized carbons (Fsp3) is 0.462. The molecule has 1 amide bonds. The number of hydrogen-bond donors (Lipinski definition) is 1. The third kappa shape index (κ3) is 4.65. The molecule has 0 unspecified atom stereocenters. The molecule has 0 saturated carbocycles. The molecule has 0 radical (unpaired) electrons. The van der Waals surface area contributed by atoms with Gasteiger partial charge < -0.3 is 5.32 Å². The maximum atomic E-state index is 13.4. The monoisotopic (exact) mass is 268 g/mol. The number of nitrogens with zero attached hydrogens (tertiary/aromatic N) is 1. The molecule has 19 heavy (non-hydrogen) atoms. The van der Waals surface area contributed by atoms with Gasteiger partial charge in [0.15, 0.2) is 0 Å². The van der Waals surface area contributed by atoms with Crippen LogP contribution in [0.3, 0.4) is 0 Å². The summed E-state index contributed by atoms with van der Waals surface area (Å²) >= 11 is 0. The number of benzene rings is 1. The van der Waals surface area contributed by atoms with Gasteiger partial charge in [0.2, 0.25) is 0 Å². The number of nitro benzene ring substituents is 1. The predicted molar refractivity (Wildman–Crippen MR) is 69.5 cm³/mol. The SMILES string of the molecule is CC(C)CCCNC(=O)c1cc([N+](=O)[O-])ccc1F. The van der Waals surface area contributed by atoms with Crippen molar-refractivity contribution in [1.82, 2.24) is 5.32 Å². The van der Waals surface area contributed by atoms with Gasteiger partial charge in [-0.1, -0.05) is 13.8 Å². The van der Waals surface area contributed by atoms with E-state index in [9.17, 15) is 19.3 Å². The minimum atomic E-state index is -0.757. The minimum Gasteiger partial charge on any atom is -0.352 e. The van der Waals surface area contributed by atoms with Crippen molar-refractivity contribution >= 4 is 11.6 Å². The number of carbonyl (C=O) groups excluding carboxylic acids is 1. The first-order valence-electron chi connectivity index (χ1n) is 6.14. The van der Waals surface area contributed by atoms with Crippen LogP contribution in [0.25, 0.3) is 0 Å². The fourth-order valence-corrected chi connectivity index (χ4v) is 1.61. The van der Waals surface area contributed by atoms with Crippen LogP contribution < -0.4 is 5.32 Å². The first-order chi connectivity index (χ1) is 8.91. The molecule has 104 valence electrons. The van der Waals surface area contributed by atoms with Crippen molar-refractivity contribution in [3.63, 3.8) is 0 Å². The quantitative estimate of drug-likeness (QED) is 0.490. The molecular formula is C13H17FN2O3. The average molecular weight is 268 g/mol. The van der Waals surface area contributed by atoms with Crippen LogP contribution >= 0.6 is 0 Å². The standard InChI is InChI=1S/C13H17FN2O3/c1-9(2)4-3-7-15-13(17)11-8-10(16(18)19)5-6-12(11)14/h5-6,8-9H,3-4,7H2,1-2H3,(H,15,17). The lowest BCUT2D eigenvalue weighted by atomic mass is 10.1. The summed E-state index contributed by atoms with van der Waals surface area (Å²) in [5, 5.41) is 13.1. The zero-order valence-corrected chi connectivity index (χ0v) is 11.0. The number of hydrogen-bond acceptors (Lipinski definition) is 3. The zero-order valence-electron chi connectivity index (χ0n) is 11.0. The zero-order chi connectivity index (χ0) is 14.4. The van der Waals surface area contributed by atoms with E-state index in [1.807, 2.05) is 0 Å². The average Bonchev–Trinajstić information content (AvgIpc) is 2.34. The van der Waals surface area contributed by atoms with Crippen LogP contribution in [0.1, 0.15) is 37.0 Å². The second-order valence-electron chi connectivity index (χ2n) is 4.71. The van der Waals surface area contributed by atoms with Crippen molar-refractivity contribution in [1.29, 1.82) is 0 Å². The summed E-state index contributed by atoms with van der Waals surface area (Å²) < 4.78 is 13.4. The summed E-state index contributed by atoms with van der Waals surface area (Å²) in [7, 11) is 0. The van der Waals surface area contributed by atoms with Gasteiger partial charge in [-0.15, -0.1) is 0 Å². The molecule has 0 aliphatic carbocycles. The lowest BCUT2D eigenvalue weighted by Crippen LogP contribution is -2.25. The molecule has 5 nitrogen and oxygen atoms in total. The van der Waals surface area contributed by atoms with E-state index in [-0.39, 0.29) is 11.3 Å². The van der Waals surface area contributed by atoms with E-state index >= 15 is 0 Å². The van der Waals surface area contributed by atoms with Gasteiger partial charge in [0.05, 0.1) is 10.5 Å². The van der Waals surface area contributed by atoms with Gasteiger partial charge in [-0.3, -0.25) is 14.9 Å². The van der Waals surface area contributed by atoms with Gasteiger partial charge in [0.1, 0.15) is 5.82 Å². The minimum absolute atomic E-state index is 0.293. The molecule has 1 N–H and O–H groups in total. The molecule has 6 heteroatoms. The van der Waals surface area contributed by atoms with E-state index < -0.39 is 16.6 Å². The molecule has 1 rings (SSSR count). The number of carbonyl (C=O) groups is 1. The molecular weight excluding hydrogens is 251 g/mol. The molecule has 0 aromatic heterocycles. The molecule has 0 fully saturated rings. The van der Waals surface area contributed by atoms with Crippen LogP contribution in [-0.2, 0) is 0 Å². The topological polar surface area (TPSA) is 72.2 Å². The van der Waals surface area contributed by atoms with Crippen molar-refractivity contribution in [2.45, 2.75) is 26.7 Å². The number of halogens is 1. The van der Waals surface area contributed by atoms with E-state index in [1.165, 1.54) is 0 Å². The molecule has 0 saturated heterocycles. The highest BCUT2D eigenvalue weighted by atomic mass is 19.1. The Morgan fingerprint density at radius 2 is 2.16 bits per heavy atom. The highest BCUT2D eigenvalue weighted by Gasteiger charge is 2.16. The number of nitrogens with one attached hydrogen (secondary N) is 1. The van der Waals surface area contributed by atoms with Crippen LogP contribution in [-0.4, -0.2) is 17.4 Å². The van der Waals surface area contributed by atoms with E-state index in [2.05, 4.69) is 19.2 Å². The molecule has 0 aliphatic heterocycles. The van der Waals surface area contributed by atoms with Crippen molar-refractivity contribution in [3.8, 4) is 0 Å². The van der Waals surface area contributed by atoms with Crippen molar-refractivity contribution in [2.75, 3.05) is 6.54 Å². The Hall–Kier alpha value is -1.98. The smallest absolute Gasteiger partial charge is 0.270 e. The first-order valence-corrected chi connectivity index (χ1v) is 6.14. The summed E-state index contributed by atoms with van der Waals surface area (Å²) in [5.41, 5.74) is -0.590. The Balaban J connectivity index is 2.66. The summed E-state index contributed by atoms with van der Waals surface area (Å²) in [6.45, 7) is 4.57. The van der Waals surface area contributed by atoms with Gasteiger partial charge in [0.25, 0.3) is 11.6 Å². The number of rotatable bonds is 6. The molecule has 0 atom stereocenters. The van der Waals surface area contributed by atoms with E-state index in [4.69, 9.17) is 0 Å². The van der Waals surface area contributed by atoms with Crippen LogP contribution in [0.15, 0.2) is 18.2 Å². The molecule has 0 spiro atoms. The largest absolute Gasteiger partial charge is 0.352 e. The highest BCUT2D eigenvalue weighted by molar-refractivity contribution is 5.95. The Morgan fingerprint density at radius 3 is 2.74 bits per heavy atom. The second kappa shape index (κ2) is 6.82. The molecule has 0 aliphatic rings. The van der Waals surface area contributed by atoms with Gasteiger partial charge in [0, 0.05) is 18.7 Å². The Labute approximate surface area is 111 Å². The van der Waals surface area contributed by atoms with Crippen molar-refractivity contribution in [2.24, 2.45) is 5.92 Å². The van der Waals surface area contributed by atoms with E-state index in [1.54, 1.807) is 0 Å². The fourth-order valence-electron chi connectivity index (χ4n) is 1.61. The third-order valence-electron chi connectivity index (χ3n) is 2.65. The predicted octanol–water partition coefficient (Wildman–Crippen LogP) is 2.90.